The Morgan fingerprint density at radius 1 is 1.07 bits per heavy atom. The van der Waals surface area contributed by atoms with Crippen molar-refractivity contribution in [3.05, 3.63) is 65.2 Å². The zero-order valence-electron chi connectivity index (χ0n) is 16.6. The summed E-state index contributed by atoms with van der Waals surface area (Å²) in [6.07, 6.45) is 0.462. The fraction of sp³-hybridized carbons (Fsp3) is 0.273. The lowest BCUT2D eigenvalue weighted by atomic mass is 10.0. The third kappa shape index (κ3) is 6.02. The Bertz CT molecular complexity index is 981. The first-order chi connectivity index (χ1) is 13.9. The molecule has 0 bridgehead atoms. The minimum Gasteiger partial charge on any atom is -0.411 e. The average Bonchev–Trinajstić information content (AvgIpc) is 3.15. The molecule has 0 aliphatic heterocycles. The quantitative estimate of drug-likeness (QED) is 0.570. The van der Waals surface area contributed by atoms with E-state index < -0.39 is 6.04 Å². The van der Waals surface area contributed by atoms with E-state index in [-0.39, 0.29) is 17.4 Å². The number of benzene rings is 2. The highest BCUT2D eigenvalue weighted by Gasteiger charge is 2.19. The molecule has 0 aliphatic rings. The molecule has 0 saturated heterocycles. The first kappa shape index (κ1) is 20.8. The minimum absolute atomic E-state index is 0.0814. The number of carbonyl (C=O) groups excluding carboxylic acids is 2. The van der Waals surface area contributed by atoms with Gasteiger partial charge in [-0.25, -0.2) is 0 Å². The lowest BCUT2D eigenvalue weighted by Gasteiger charge is -2.15. The second-order valence-electron chi connectivity index (χ2n) is 6.96. The summed E-state index contributed by atoms with van der Waals surface area (Å²) in [5.74, 6) is 0.178. The minimum atomic E-state index is -0.556. The molecule has 29 heavy (non-hydrogen) atoms. The van der Waals surface area contributed by atoms with Gasteiger partial charge in [-0.2, -0.15) is 0 Å². The van der Waals surface area contributed by atoms with E-state index in [1.165, 1.54) is 6.92 Å². The fourth-order valence-electron chi connectivity index (χ4n) is 2.99. The first-order valence-electron chi connectivity index (χ1n) is 9.29. The van der Waals surface area contributed by atoms with Gasteiger partial charge in [-0.05, 0) is 44.9 Å². The lowest BCUT2D eigenvalue weighted by Crippen LogP contribution is -2.42. The maximum Gasteiger partial charge on any atom is 0.277 e. The fourth-order valence-corrected chi connectivity index (χ4v) is 3.57. The van der Waals surface area contributed by atoms with Crippen molar-refractivity contribution in [2.24, 2.45) is 0 Å². The molecular weight excluding hydrogens is 386 g/mol. The Morgan fingerprint density at radius 2 is 1.76 bits per heavy atom. The molecule has 1 unspecified atom stereocenters. The lowest BCUT2D eigenvalue weighted by molar-refractivity contribution is -0.125. The summed E-state index contributed by atoms with van der Waals surface area (Å²) in [5, 5.41) is 11.2. The Labute approximate surface area is 174 Å². The van der Waals surface area contributed by atoms with Gasteiger partial charge in [0.05, 0.1) is 11.8 Å². The number of rotatable bonds is 8. The monoisotopic (exact) mass is 409 g/mol. The van der Waals surface area contributed by atoms with Gasteiger partial charge in [0.1, 0.15) is 0 Å². The van der Waals surface area contributed by atoms with Gasteiger partial charge in [0.15, 0.2) is 5.78 Å². The number of thioether (sulfide) groups is 1. The molecule has 0 fully saturated rings. The van der Waals surface area contributed by atoms with Crippen LogP contribution >= 0.6 is 11.8 Å². The van der Waals surface area contributed by atoms with E-state index in [2.05, 4.69) is 21.6 Å². The second-order valence-corrected chi connectivity index (χ2v) is 7.89. The summed E-state index contributed by atoms with van der Waals surface area (Å²) in [5.41, 5.74) is 4.07. The van der Waals surface area contributed by atoms with Crippen molar-refractivity contribution >= 4 is 23.5 Å². The van der Waals surface area contributed by atoms with Crippen molar-refractivity contribution in [2.45, 2.75) is 38.5 Å². The number of Topliss-reactive ketones (excluding diaryl/α,β-unsaturated/α-hetero) is 1. The number of aryl methyl sites for hydroxylation is 2. The van der Waals surface area contributed by atoms with E-state index in [1.807, 2.05) is 56.3 Å². The van der Waals surface area contributed by atoms with Crippen LogP contribution in [0.15, 0.2) is 58.2 Å². The van der Waals surface area contributed by atoms with Crippen molar-refractivity contribution in [3.63, 3.8) is 0 Å². The summed E-state index contributed by atoms with van der Waals surface area (Å²) in [4.78, 5) is 24.2. The van der Waals surface area contributed by atoms with Crippen LogP contribution in [-0.4, -0.2) is 33.7 Å². The Balaban J connectivity index is 1.57. The number of hydrogen-bond acceptors (Lipinski definition) is 6. The highest BCUT2D eigenvalue weighted by Crippen LogP contribution is 2.24. The van der Waals surface area contributed by atoms with E-state index >= 15 is 0 Å². The standard InChI is InChI=1S/C22H23N3O3S/c1-14-9-15(2)11-18(10-14)21-24-25-22(28-21)29-13-20(27)23-19(16(3)26)12-17-7-5-4-6-8-17/h4-11,19H,12-13H2,1-3H3,(H,23,27). The topological polar surface area (TPSA) is 85.1 Å². The summed E-state index contributed by atoms with van der Waals surface area (Å²) in [6, 6.07) is 15.1. The Morgan fingerprint density at radius 3 is 2.41 bits per heavy atom. The smallest absolute Gasteiger partial charge is 0.277 e. The molecule has 6 nitrogen and oxygen atoms in total. The SMILES string of the molecule is CC(=O)C(Cc1ccccc1)NC(=O)CSc1nnc(-c2cc(C)cc(C)c2)o1. The Kier molecular flexibility index (Phi) is 6.82. The molecule has 1 heterocycles. The van der Waals surface area contributed by atoms with Crippen LogP contribution in [-0.2, 0) is 16.0 Å². The van der Waals surface area contributed by atoms with Gasteiger partial charge in [0.25, 0.3) is 5.22 Å². The molecule has 150 valence electrons. The van der Waals surface area contributed by atoms with Crippen molar-refractivity contribution in [3.8, 4) is 11.5 Å². The van der Waals surface area contributed by atoms with E-state index in [9.17, 15) is 9.59 Å². The molecule has 0 radical (unpaired) electrons. The van der Waals surface area contributed by atoms with Gasteiger partial charge in [-0.15, -0.1) is 10.2 Å². The zero-order chi connectivity index (χ0) is 20.8. The van der Waals surface area contributed by atoms with Gasteiger partial charge in [-0.1, -0.05) is 59.3 Å². The molecule has 1 N–H and O–H groups in total. The van der Waals surface area contributed by atoms with Gasteiger partial charge in [0, 0.05) is 5.56 Å². The van der Waals surface area contributed by atoms with Gasteiger partial charge in [-0.3, -0.25) is 9.59 Å². The molecule has 1 aromatic heterocycles. The highest BCUT2D eigenvalue weighted by molar-refractivity contribution is 7.99. The van der Waals surface area contributed by atoms with Crippen LogP contribution in [0.2, 0.25) is 0 Å². The molecule has 2 aromatic carbocycles. The summed E-state index contributed by atoms with van der Waals surface area (Å²) < 4.78 is 5.67. The van der Waals surface area contributed by atoms with Crippen LogP contribution in [0.4, 0.5) is 0 Å². The van der Waals surface area contributed by atoms with Crippen molar-refractivity contribution < 1.29 is 14.0 Å². The number of ketones is 1. The molecule has 1 atom stereocenters. The number of nitrogens with one attached hydrogen (secondary N) is 1. The number of amides is 1. The molecule has 0 saturated carbocycles. The van der Waals surface area contributed by atoms with E-state index in [4.69, 9.17) is 4.42 Å². The largest absolute Gasteiger partial charge is 0.411 e. The summed E-state index contributed by atoms with van der Waals surface area (Å²) in [6.45, 7) is 5.50. The number of hydrogen-bond donors (Lipinski definition) is 1. The maximum atomic E-state index is 12.3. The van der Waals surface area contributed by atoms with Crippen LogP contribution in [0.5, 0.6) is 0 Å². The van der Waals surface area contributed by atoms with Crippen LogP contribution in [0.25, 0.3) is 11.5 Å². The normalized spacial score (nSPS) is 11.8. The maximum absolute atomic E-state index is 12.3. The molecule has 0 aliphatic carbocycles. The van der Waals surface area contributed by atoms with Crippen LogP contribution in [0.1, 0.15) is 23.6 Å². The summed E-state index contributed by atoms with van der Waals surface area (Å²) in [7, 11) is 0. The first-order valence-corrected chi connectivity index (χ1v) is 10.3. The zero-order valence-corrected chi connectivity index (χ0v) is 17.5. The van der Waals surface area contributed by atoms with Crippen molar-refractivity contribution in [1.82, 2.24) is 15.5 Å². The predicted molar refractivity (Wildman–Crippen MR) is 113 cm³/mol. The van der Waals surface area contributed by atoms with Crippen LogP contribution < -0.4 is 5.32 Å². The molecule has 0 spiro atoms. The molecule has 7 heteroatoms. The van der Waals surface area contributed by atoms with E-state index in [0.717, 1.165) is 34.0 Å². The average molecular weight is 410 g/mol. The molecular formula is C22H23N3O3S. The highest BCUT2D eigenvalue weighted by atomic mass is 32.2. The third-order valence-electron chi connectivity index (χ3n) is 4.31. The molecule has 3 rings (SSSR count). The van der Waals surface area contributed by atoms with Crippen molar-refractivity contribution in [2.75, 3.05) is 5.75 Å². The van der Waals surface area contributed by atoms with E-state index in [1.54, 1.807) is 0 Å². The van der Waals surface area contributed by atoms with Crippen LogP contribution in [0.3, 0.4) is 0 Å². The predicted octanol–water partition coefficient (Wildman–Crippen LogP) is 3.76. The van der Waals surface area contributed by atoms with Crippen molar-refractivity contribution in [1.29, 1.82) is 0 Å². The number of nitrogens with zero attached hydrogens (tertiary/aromatic N) is 2. The Hall–Kier alpha value is -2.93. The van der Waals surface area contributed by atoms with Gasteiger partial charge < -0.3 is 9.73 Å². The number of aromatic nitrogens is 2. The van der Waals surface area contributed by atoms with Crippen LogP contribution in [0, 0.1) is 13.8 Å². The third-order valence-corrected chi connectivity index (χ3v) is 5.13. The van der Waals surface area contributed by atoms with Gasteiger partial charge >= 0.3 is 0 Å². The second kappa shape index (κ2) is 9.52. The van der Waals surface area contributed by atoms with Gasteiger partial charge in [0.2, 0.25) is 11.8 Å². The number of carbonyl (C=O) groups is 2. The molecule has 1 amide bonds. The summed E-state index contributed by atoms with van der Waals surface area (Å²) >= 11 is 1.15. The molecule has 3 aromatic rings. The van der Waals surface area contributed by atoms with E-state index in [0.29, 0.717) is 17.5 Å².